The van der Waals surface area contributed by atoms with Gasteiger partial charge in [-0.25, -0.2) is 13.2 Å². The smallest absolute Gasteiger partial charge is 0.198 e. The predicted octanol–water partition coefficient (Wildman–Crippen LogP) is 7.31. The molecule has 0 spiro atoms. The average molecular weight is 453 g/mol. The summed E-state index contributed by atoms with van der Waals surface area (Å²) in [5, 5.41) is 22.8. The van der Waals surface area contributed by atoms with Crippen LogP contribution in [0.25, 0.3) is 47.7 Å². The Morgan fingerprint density at radius 2 is 1.36 bits per heavy atom. The zero-order valence-corrected chi connectivity index (χ0v) is 17.5. The van der Waals surface area contributed by atoms with Crippen LogP contribution in [-0.2, 0) is 0 Å². The molecule has 0 saturated carbocycles. The Bertz CT molecular complexity index is 1880. The Balaban J connectivity index is 1.89. The van der Waals surface area contributed by atoms with Crippen LogP contribution in [0.2, 0.25) is 0 Å². The number of rotatable bonds is 1. The molecule has 0 bridgehead atoms. The van der Waals surface area contributed by atoms with E-state index in [1.807, 2.05) is 42.5 Å². The van der Waals surface area contributed by atoms with Crippen molar-refractivity contribution in [1.82, 2.24) is 4.57 Å². The highest BCUT2D eigenvalue weighted by molar-refractivity contribution is 7.26. The second-order valence-electron chi connectivity index (χ2n) is 7.55. The van der Waals surface area contributed by atoms with Gasteiger partial charge in [0.25, 0.3) is 0 Å². The largest absolute Gasteiger partial charge is 0.305 e. The van der Waals surface area contributed by atoms with E-state index in [-0.39, 0.29) is 0 Å². The third-order valence-corrected chi connectivity index (χ3v) is 7.13. The number of halogens is 3. The van der Waals surface area contributed by atoms with Crippen molar-refractivity contribution in [3.8, 4) is 17.8 Å². The number of fused-ring (bicyclic) bond motifs is 7. The number of thiophene rings is 1. The molecule has 33 heavy (non-hydrogen) atoms. The van der Waals surface area contributed by atoms with Crippen molar-refractivity contribution in [1.29, 1.82) is 10.5 Å². The second-order valence-corrected chi connectivity index (χ2v) is 8.60. The zero-order valence-electron chi connectivity index (χ0n) is 16.7. The molecule has 6 rings (SSSR count). The van der Waals surface area contributed by atoms with E-state index in [0.29, 0.717) is 11.0 Å². The van der Waals surface area contributed by atoms with Crippen molar-refractivity contribution in [3.63, 3.8) is 0 Å². The van der Waals surface area contributed by atoms with E-state index in [2.05, 4.69) is 0 Å². The van der Waals surface area contributed by atoms with E-state index in [9.17, 15) is 19.3 Å². The van der Waals surface area contributed by atoms with Crippen molar-refractivity contribution in [3.05, 3.63) is 89.2 Å². The van der Waals surface area contributed by atoms with E-state index in [1.54, 1.807) is 35.6 Å². The highest BCUT2D eigenvalue weighted by atomic mass is 32.1. The normalized spacial score (nSPS) is 11.4. The van der Waals surface area contributed by atoms with Gasteiger partial charge in [0, 0.05) is 30.9 Å². The van der Waals surface area contributed by atoms with Crippen molar-refractivity contribution in [2.45, 2.75) is 0 Å². The van der Waals surface area contributed by atoms with E-state index < -0.39 is 34.3 Å². The maximum Gasteiger partial charge on any atom is 0.198 e. The lowest BCUT2D eigenvalue weighted by atomic mass is 10.0. The highest BCUT2D eigenvalue weighted by Gasteiger charge is 2.29. The Labute approximate surface area is 188 Å². The molecule has 7 heteroatoms. The van der Waals surface area contributed by atoms with E-state index in [1.165, 1.54) is 10.6 Å². The van der Waals surface area contributed by atoms with Gasteiger partial charge in [0.2, 0.25) is 0 Å². The Morgan fingerprint density at radius 3 is 2.12 bits per heavy atom. The van der Waals surface area contributed by atoms with Crippen LogP contribution in [0.5, 0.6) is 0 Å². The Kier molecular flexibility index (Phi) is 4.01. The molecule has 2 heterocycles. The zero-order chi connectivity index (χ0) is 22.9. The molecule has 0 radical (unpaired) electrons. The number of hydrogen-bond donors (Lipinski definition) is 0. The summed E-state index contributed by atoms with van der Waals surface area (Å²) in [6.45, 7) is 0. The van der Waals surface area contributed by atoms with E-state index in [4.69, 9.17) is 0 Å². The van der Waals surface area contributed by atoms with Crippen LogP contribution < -0.4 is 0 Å². The number of nitrogens with zero attached hydrogens (tertiary/aromatic N) is 3. The van der Waals surface area contributed by atoms with E-state index in [0.717, 1.165) is 30.9 Å². The first kappa shape index (κ1) is 19.4. The van der Waals surface area contributed by atoms with Gasteiger partial charge >= 0.3 is 0 Å². The molecule has 0 amide bonds. The van der Waals surface area contributed by atoms with Crippen LogP contribution in [-0.4, -0.2) is 4.57 Å². The molecular formula is C26H10F3N3S. The highest BCUT2D eigenvalue weighted by Crippen LogP contribution is 2.44. The Morgan fingerprint density at radius 1 is 0.667 bits per heavy atom. The van der Waals surface area contributed by atoms with Gasteiger partial charge in [-0.05, 0) is 18.2 Å². The molecule has 4 aromatic carbocycles. The minimum absolute atomic E-state index is 0.473. The molecule has 2 aromatic heterocycles. The first-order chi connectivity index (χ1) is 16.1. The molecule has 0 atom stereocenters. The number of para-hydroxylation sites is 1. The summed E-state index contributed by atoms with van der Waals surface area (Å²) in [4.78, 5) is 0. The lowest BCUT2D eigenvalue weighted by Crippen LogP contribution is -2.09. The summed E-state index contributed by atoms with van der Waals surface area (Å²) in [5.41, 5.74) is -0.795. The molecule has 0 aliphatic rings. The first-order valence-corrected chi connectivity index (χ1v) is 10.7. The molecular weight excluding hydrogens is 443 g/mol. The summed E-state index contributed by atoms with van der Waals surface area (Å²) in [7, 11) is 0. The van der Waals surface area contributed by atoms with Crippen LogP contribution >= 0.6 is 11.3 Å². The topological polar surface area (TPSA) is 52.5 Å². The van der Waals surface area contributed by atoms with Crippen molar-refractivity contribution in [2.75, 3.05) is 0 Å². The fourth-order valence-corrected chi connectivity index (χ4v) is 5.81. The minimum atomic E-state index is -1.78. The fraction of sp³-hybridized carbons (Fsp3) is 0. The Hall–Kier alpha value is -4.33. The molecule has 0 saturated heterocycles. The monoisotopic (exact) mass is 453 g/mol. The molecule has 3 nitrogen and oxygen atoms in total. The predicted molar refractivity (Wildman–Crippen MR) is 123 cm³/mol. The van der Waals surface area contributed by atoms with Gasteiger partial charge in [-0.1, -0.05) is 42.5 Å². The lowest BCUT2D eigenvalue weighted by Gasteiger charge is -2.13. The number of benzene rings is 4. The number of hydrogen-bond acceptors (Lipinski definition) is 3. The molecule has 0 aliphatic heterocycles. The standard InChI is InChI=1S/C26H10F3N3S/c27-22-16(11-30)17(12-31)25(24(29)23(22)28)32-18-7-3-1-6-15(18)21-19(32)10-9-14-13-5-2-4-8-20(13)33-26(14)21/h1-10H. The van der Waals surface area contributed by atoms with Crippen LogP contribution in [0, 0.1) is 40.1 Å². The molecule has 0 N–H and O–H groups in total. The van der Waals surface area contributed by atoms with Crippen molar-refractivity contribution in [2.24, 2.45) is 0 Å². The summed E-state index contributed by atoms with van der Waals surface area (Å²) in [6, 6.07) is 22.1. The van der Waals surface area contributed by atoms with Gasteiger partial charge in [0.15, 0.2) is 17.5 Å². The molecule has 0 fully saturated rings. The van der Waals surface area contributed by atoms with Gasteiger partial charge in [-0.3, -0.25) is 0 Å². The van der Waals surface area contributed by atoms with Gasteiger partial charge in [0.1, 0.15) is 29.0 Å². The van der Waals surface area contributed by atoms with E-state index >= 15 is 4.39 Å². The summed E-state index contributed by atoms with van der Waals surface area (Å²) < 4.78 is 47.5. The van der Waals surface area contributed by atoms with Gasteiger partial charge in [0.05, 0.1) is 11.0 Å². The third-order valence-electron chi connectivity index (χ3n) is 5.93. The molecule has 156 valence electrons. The SMILES string of the molecule is N#Cc1c(F)c(F)c(F)c(-n2c3ccccc3c3c4sc5ccccc5c4ccc32)c1C#N. The molecule has 6 aromatic rings. The maximum absolute atomic E-state index is 15.2. The lowest BCUT2D eigenvalue weighted by molar-refractivity contribution is 0.443. The average Bonchev–Trinajstić information content (AvgIpc) is 3.38. The van der Waals surface area contributed by atoms with Gasteiger partial charge < -0.3 is 4.57 Å². The molecule has 0 unspecified atom stereocenters. The maximum atomic E-state index is 15.2. The summed E-state index contributed by atoms with van der Waals surface area (Å²) in [5.74, 6) is -4.96. The fourth-order valence-electron chi connectivity index (χ4n) is 4.55. The van der Waals surface area contributed by atoms with Crippen LogP contribution in [0.1, 0.15) is 11.1 Å². The number of nitriles is 2. The first-order valence-electron chi connectivity index (χ1n) is 9.91. The summed E-state index contributed by atoms with van der Waals surface area (Å²) >= 11 is 1.58. The second kappa shape index (κ2) is 6.83. The van der Waals surface area contributed by atoms with Gasteiger partial charge in [-0.15, -0.1) is 11.3 Å². The quantitative estimate of drug-likeness (QED) is 0.245. The van der Waals surface area contributed by atoms with Gasteiger partial charge in [-0.2, -0.15) is 10.5 Å². The van der Waals surface area contributed by atoms with Crippen LogP contribution in [0.3, 0.4) is 0 Å². The van der Waals surface area contributed by atoms with Crippen molar-refractivity contribution >= 4 is 53.3 Å². The summed E-state index contributed by atoms with van der Waals surface area (Å²) in [6.07, 6.45) is 0. The molecule has 0 aliphatic carbocycles. The third kappa shape index (κ3) is 2.43. The van der Waals surface area contributed by atoms with Crippen LogP contribution in [0.15, 0.2) is 60.7 Å². The van der Waals surface area contributed by atoms with Crippen molar-refractivity contribution < 1.29 is 13.2 Å². The minimum Gasteiger partial charge on any atom is -0.305 e. The number of aromatic nitrogens is 1. The van der Waals surface area contributed by atoms with Crippen LogP contribution in [0.4, 0.5) is 13.2 Å².